The van der Waals surface area contributed by atoms with Crippen LogP contribution in [0.5, 0.6) is 0 Å². The molecule has 0 fully saturated rings. The van der Waals surface area contributed by atoms with Crippen molar-refractivity contribution in [2.45, 2.75) is 6.54 Å². The number of pyridine rings is 1. The van der Waals surface area contributed by atoms with Crippen LogP contribution in [-0.4, -0.2) is 0 Å². The van der Waals surface area contributed by atoms with Crippen molar-refractivity contribution in [2.75, 3.05) is 0 Å². The van der Waals surface area contributed by atoms with Gasteiger partial charge in [0.25, 0.3) is 0 Å². The van der Waals surface area contributed by atoms with E-state index >= 15 is 0 Å². The molecule has 1 heteroatoms. The Morgan fingerprint density at radius 3 is 2.77 bits per heavy atom. The molecule has 2 aromatic rings. The highest BCUT2D eigenvalue weighted by atomic mass is 15.0. The summed E-state index contributed by atoms with van der Waals surface area (Å²) in [6, 6.07) is 14.9. The van der Waals surface area contributed by atoms with Crippen molar-refractivity contribution in [3.8, 4) is 11.3 Å². The first kappa shape index (κ1) is 6.84. The van der Waals surface area contributed by atoms with Crippen molar-refractivity contribution in [1.29, 1.82) is 0 Å². The second-order valence-corrected chi connectivity index (χ2v) is 3.37. The highest BCUT2D eigenvalue weighted by Gasteiger charge is 2.23. The van der Waals surface area contributed by atoms with Crippen molar-refractivity contribution in [3.63, 3.8) is 0 Å². The van der Waals surface area contributed by atoms with Crippen LogP contribution in [0.1, 0.15) is 5.56 Å². The Hall–Kier alpha value is -1.63. The van der Waals surface area contributed by atoms with Gasteiger partial charge in [0.05, 0.1) is 5.56 Å². The molecule has 1 aromatic carbocycles. The highest BCUT2D eigenvalue weighted by molar-refractivity contribution is 5.62. The van der Waals surface area contributed by atoms with Gasteiger partial charge in [0.2, 0.25) is 5.69 Å². The minimum absolute atomic E-state index is 1.02. The lowest BCUT2D eigenvalue weighted by atomic mass is 10.1. The summed E-state index contributed by atoms with van der Waals surface area (Å²) in [5, 5.41) is 0. The van der Waals surface area contributed by atoms with Gasteiger partial charge in [-0.25, -0.2) is 0 Å². The predicted octanol–water partition coefficient (Wildman–Crippen LogP) is 2.00. The fourth-order valence-corrected chi connectivity index (χ4v) is 1.95. The maximum atomic E-state index is 2.28. The molecule has 0 bridgehead atoms. The van der Waals surface area contributed by atoms with Gasteiger partial charge in [0, 0.05) is 17.7 Å². The molecular formula is C12H10N+. The van der Waals surface area contributed by atoms with E-state index in [-0.39, 0.29) is 0 Å². The van der Waals surface area contributed by atoms with E-state index in [0.717, 1.165) is 6.54 Å². The van der Waals surface area contributed by atoms with Gasteiger partial charge in [-0.1, -0.05) is 18.2 Å². The predicted molar refractivity (Wildman–Crippen MR) is 51.2 cm³/mol. The summed E-state index contributed by atoms with van der Waals surface area (Å²) >= 11 is 0. The molecule has 0 N–H and O–H groups in total. The van der Waals surface area contributed by atoms with Crippen LogP contribution in [0.4, 0.5) is 0 Å². The van der Waals surface area contributed by atoms with Crippen LogP contribution >= 0.6 is 0 Å². The molecule has 0 aliphatic carbocycles. The molecule has 62 valence electrons. The lowest BCUT2D eigenvalue weighted by Gasteiger charge is -1.90. The van der Waals surface area contributed by atoms with Crippen LogP contribution in [0, 0.1) is 0 Å². The zero-order valence-electron chi connectivity index (χ0n) is 7.27. The van der Waals surface area contributed by atoms with Gasteiger partial charge in [-0.3, -0.25) is 0 Å². The Kier molecular flexibility index (Phi) is 1.28. The largest absolute Gasteiger partial charge is 0.213 e. The quantitative estimate of drug-likeness (QED) is 0.452. The van der Waals surface area contributed by atoms with Crippen molar-refractivity contribution >= 4 is 0 Å². The molecule has 13 heavy (non-hydrogen) atoms. The first-order valence-electron chi connectivity index (χ1n) is 4.52. The van der Waals surface area contributed by atoms with Gasteiger partial charge in [-0.2, -0.15) is 4.57 Å². The number of nitrogens with zero attached hydrogens (tertiary/aromatic N) is 1. The Balaban J connectivity index is 2.32. The van der Waals surface area contributed by atoms with Crippen LogP contribution in [0.3, 0.4) is 0 Å². The Bertz CT molecular complexity index is 417. The van der Waals surface area contributed by atoms with E-state index in [1.54, 1.807) is 0 Å². The standard InChI is InChI=1S/C12H10N/c1-2-6-11-10(5-1)9-13-8-4-3-7-12(11)13/h1-8H,9H2/q+1. The molecule has 0 amide bonds. The number of rotatable bonds is 0. The van der Waals surface area contributed by atoms with Crippen molar-refractivity contribution in [3.05, 3.63) is 54.2 Å². The number of hydrogen-bond donors (Lipinski definition) is 0. The van der Waals surface area contributed by atoms with Gasteiger partial charge < -0.3 is 0 Å². The van der Waals surface area contributed by atoms with Crippen molar-refractivity contribution in [1.82, 2.24) is 0 Å². The van der Waals surface area contributed by atoms with Crippen LogP contribution in [0.2, 0.25) is 0 Å². The number of fused-ring (bicyclic) bond motifs is 3. The Labute approximate surface area is 77.3 Å². The molecule has 0 spiro atoms. The second kappa shape index (κ2) is 2.43. The van der Waals surface area contributed by atoms with Crippen LogP contribution in [-0.2, 0) is 6.54 Å². The molecular weight excluding hydrogens is 158 g/mol. The zero-order chi connectivity index (χ0) is 8.67. The number of aromatic nitrogens is 1. The highest BCUT2D eigenvalue weighted by Crippen LogP contribution is 2.24. The van der Waals surface area contributed by atoms with Gasteiger partial charge in [-0.15, -0.1) is 0 Å². The van der Waals surface area contributed by atoms with E-state index in [9.17, 15) is 0 Å². The second-order valence-electron chi connectivity index (χ2n) is 3.37. The molecule has 0 radical (unpaired) electrons. The Morgan fingerprint density at radius 2 is 1.77 bits per heavy atom. The topological polar surface area (TPSA) is 3.88 Å². The molecule has 3 rings (SSSR count). The Morgan fingerprint density at radius 1 is 0.923 bits per heavy atom. The van der Waals surface area contributed by atoms with E-state index in [2.05, 4.69) is 53.2 Å². The van der Waals surface area contributed by atoms with E-state index in [1.165, 1.54) is 16.8 Å². The molecule has 1 nitrogen and oxygen atoms in total. The monoisotopic (exact) mass is 168 g/mol. The van der Waals surface area contributed by atoms with E-state index < -0.39 is 0 Å². The summed E-state index contributed by atoms with van der Waals surface area (Å²) in [6.45, 7) is 1.02. The molecule has 2 heterocycles. The average Bonchev–Trinajstić information content (AvgIpc) is 2.56. The smallest absolute Gasteiger partial charge is 0.194 e. The number of hydrogen-bond acceptors (Lipinski definition) is 0. The van der Waals surface area contributed by atoms with Crippen molar-refractivity contribution < 1.29 is 4.57 Å². The lowest BCUT2D eigenvalue weighted by molar-refractivity contribution is -0.672. The summed E-state index contributed by atoms with van der Waals surface area (Å²) in [7, 11) is 0. The molecule has 0 atom stereocenters. The van der Waals surface area contributed by atoms with Gasteiger partial charge in [-0.05, 0) is 12.1 Å². The molecule has 1 aliphatic rings. The first-order valence-corrected chi connectivity index (χ1v) is 4.52. The van der Waals surface area contributed by atoms with Gasteiger partial charge in [0.15, 0.2) is 12.7 Å². The molecule has 1 aromatic heterocycles. The molecule has 1 aliphatic heterocycles. The molecule has 0 unspecified atom stereocenters. The maximum absolute atomic E-state index is 2.28. The van der Waals surface area contributed by atoms with Gasteiger partial charge in [0.1, 0.15) is 0 Å². The third kappa shape index (κ3) is 0.903. The van der Waals surface area contributed by atoms with E-state index in [0.29, 0.717) is 0 Å². The molecule has 0 saturated carbocycles. The van der Waals surface area contributed by atoms with Crippen LogP contribution < -0.4 is 4.57 Å². The third-order valence-electron chi connectivity index (χ3n) is 2.57. The number of benzene rings is 1. The minimum Gasteiger partial charge on any atom is -0.194 e. The summed E-state index contributed by atoms with van der Waals surface area (Å²) < 4.78 is 2.28. The van der Waals surface area contributed by atoms with E-state index in [4.69, 9.17) is 0 Å². The molecule has 0 saturated heterocycles. The van der Waals surface area contributed by atoms with Gasteiger partial charge >= 0.3 is 0 Å². The fraction of sp³-hybridized carbons (Fsp3) is 0.0833. The average molecular weight is 168 g/mol. The summed E-state index contributed by atoms with van der Waals surface area (Å²) in [5.74, 6) is 0. The van der Waals surface area contributed by atoms with Crippen LogP contribution in [0.25, 0.3) is 11.3 Å². The summed E-state index contributed by atoms with van der Waals surface area (Å²) in [6.07, 6.45) is 2.13. The summed E-state index contributed by atoms with van der Waals surface area (Å²) in [5.41, 5.74) is 4.13. The fourth-order valence-electron chi connectivity index (χ4n) is 1.95. The summed E-state index contributed by atoms with van der Waals surface area (Å²) in [4.78, 5) is 0. The zero-order valence-corrected chi connectivity index (χ0v) is 7.27. The SMILES string of the molecule is c1ccc2c(c1)C[n+]1ccccc1-2. The van der Waals surface area contributed by atoms with Crippen molar-refractivity contribution in [2.24, 2.45) is 0 Å². The minimum atomic E-state index is 1.02. The normalized spacial score (nSPS) is 12.3. The first-order chi connectivity index (χ1) is 6.45. The van der Waals surface area contributed by atoms with E-state index in [1.807, 2.05) is 0 Å². The van der Waals surface area contributed by atoms with Crippen LogP contribution in [0.15, 0.2) is 48.7 Å². The lowest BCUT2D eigenvalue weighted by Crippen LogP contribution is -2.31. The maximum Gasteiger partial charge on any atom is 0.213 e. The third-order valence-corrected chi connectivity index (χ3v) is 2.57.